The Morgan fingerprint density at radius 2 is 2.00 bits per heavy atom. The maximum atomic E-state index is 11.7. The first-order chi connectivity index (χ1) is 9.19. The van der Waals surface area contributed by atoms with E-state index in [-0.39, 0.29) is 11.7 Å². The minimum absolute atomic E-state index is 0.0528. The largest absolute Gasteiger partial charge is 0.326 e. The van der Waals surface area contributed by atoms with Gasteiger partial charge in [0.15, 0.2) is 0 Å². The van der Waals surface area contributed by atoms with Gasteiger partial charge in [-0.25, -0.2) is 0 Å². The van der Waals surface area contributed by atoms with Gasteiger partial charge in [-0.1, -0.05) is 13.0 Å². The van der Waals surface area contributed by atoms with Crippen molar-refractivity contribution >= 4 is 23.2 Å². The van der Waals surface area contributed by atoms with Crippen molar-refractivity contribution in [3.63, 3.8) is 0 Å². The van der Waals surface area contributed by atoms with E-state index >= 15 is 0 Å². The highest BCUT2D eigenvalue weighted by Crippen LogP contribution is 2.15. The van der Waals surface area contributed by atoms with Crippen LogP contribution in [0.5, 0.6) is 0 Å². The summed E-state index contributed by atoms with van der Waals surface area (Å²) < 4.78 is 0. The summed E-state index contributed by atoms with van der Waals surface area (Å²) in [4.78, 5) is 23.0. The van der Waals surface area contributed by atoms with Crippen LogP contribution in [-0.2, 0) is 4.79 Å². The van der Waals surface area contributed by atoms with Crippen LogP contribution in [0.1, 0.15) is 24.0 Å². The van der Waals surface area contributed by atoms with Crippen LogP contribution in [0, 0.1) is 0 Å². The quantitative estimate of drug-likeness (QED) is 0.752. The standard InChI is InChI=1S/C11H12N6O2/c1-2-9(18)12-7-4-3-5-8(6-7)13-11(19)10-14-16-17-15-10/h3-6H,2H2,1H3,(H,12,18)(H,13,19)(H,14,15,16,17). The van der Waals surface area contributed by atoms with Crippen molar-refractivity contribution < 1.29 is 9.59 Å². The van der Waals surface area contributed by atoms with Gasteiger partial charge in [0.1, 0.15) is 0 Å². The molecule has 1 aromatic carbocycles. The number of tetrazole rings is 1. The molecule has 8 heteroatoms. The molecule has 0 radical (unpaired) electrons. The molecule has 0 bridgehead atoms. The lowest BCUT2D eigenvalue weighted by atomic mass is 10.2. The Bertz CT molecular complexity index is 581. The first kappa shape index (κ1) is 12.7. The van der Waals surface area contributed by atoms with E-state index in [2.05, 4.69) is 31.3 Å². The smallest absolute Gasteiger partial charge is 0.297 e. The van der Waals surface area contributed by atoms with Gasteiger partial charge in [-0.05, 0) is 23.4 Å². The van der Waals surface area contributed by atoms with Crippen LogP contribution in [-0.4, -0.2) is 32.4 Å². The number of hydrogen-bond donors (Lipinski definition) is 3. The number of nitrogens with zero attached hydrogens (tertiary/aromatic N) is 3. The van der Waals surface area contributed by atoms with E-state index in [1.165, 1.54) is 0 Å². The molecule has 0 aliphatic heterocycles. The van der Waals surface area contributed by atoms with Gasteiger partial charge in [-0.15, -0.1) is 10.2 Å². The number of rotatable bonds is 4. The number of benzene rings is 1. The minimum atomic E-state index is -0.479. The number of anilines is 2. The molecule has 2 aromatic rings. The molecule has 1 heterocycles. The normalized spacial score (nSPS) is 9.95. The number of carbonyl (C=O) groups is 2. The summed E-state index contributed by atoms with van der Waals surface area (Å²) in [6.45, 7) is 1.76. The number of aromatic amines is 1. The molecule has 2 rings (SSSR count). The number of aromatic nitrogens is 4. The van der Waals surface area contributed by atoms with Crippen LogP contribution in [0.15, 0.2) is 24.3 Å². The number of nitrogens with one attached hydrogen (secondary N) is 3. The Balaban J connectivity index is 2.07. The zero-order valence-electron chi connectivity index (χ0n) is 10.2. The molecule has 0 saturated heterocycles. The van der Waals surface area contributed by atoms with E-state index in [4.69, 9.17) is 0 Å². The molecule has 0 fully saturated rings. The maximum absolute atomic E-state index is 11.7. The molecule has 0 atom stereocenters. The molecule has 0 unspecified atom stereocenters. The molecule has 3 N–H and O–H groups in total. The molecule has 19 heavy (non-hydrogen) atoms. The summed E-state index contributed by atoms with van der Waals surface area (Å²) in [7, 11) is 0. The van der Waals surface area contributed by atoms with Gasteiger partial charge in [0.2, 0.25) is 5.91 Å². The molecule has 0 aliphatic carbocycles. The Morgan fingerprint density at radius 1 is 1.26 bits per heavy atom. The lowest BCUT2D eigenvalue weighted by Crippen LogP contribution is -2.14. The van der Waals surface area contributed by atoms with E-state index in [0.717, 1.165) is 0 Å². The van der Waals surface area contributed by atoms with E-state index in [1.807, 2.05) is 0 Å². The summed E-state index contributed by atoms with van der Waals surface area (Å²) in [5.41, 5.74) is 1.14. The van der Waals surface area contributed by atoms with Gasteiger partial charge in [0.25, 0.3) is 11.7 Å². The van der Waals surface area contributed by atoms with Gasteiger partial charge >= 0.3 is 0 Å². The van der Waals surface area contributed by atoms with Crippen LogP contribution in [0.25, 0.3) is 0 Å². The molecule has 2 amide bonds. The van der Waals surface area contributed by atoms with E-state index < -0.39 is 5.91 Å². The van der Waals surface area contributed by atoms with Crippen molar-refractivity contribution in [3.05, 3.63) is 30.1 Å². The van der Waals surface area contributed by atoms with E-state index in [1.54, 1.807) is 31.2 Å². The Hall–Kier alpha value is -2.77. The van der Waals surface area contributed by atoms with Gasteiger partial charge in [0.05, 0.1) is 0 Å². The van der Waals surface area contributed by atoms with E-state index in [0.29, 0.717) is 17.8 Å². The van der Waals surface area contributed by atoms with Crippen LogP contribution >= 0.6 is 0 Å². The lowest BCUT2D eigenvalue weighted by molar-refractivity contribution is -0.115. The average Bonchev–Trinajstić information content (AvgIpc) is 2.93. The Kier molecular flexibility index (Phi) is 3.81. The van der Waals surface area contributed by atoms with Gasteiger partial charge in [-0.3, -0.25) is 9.59 Å². The molecule has 0 aliphatic rings. The van der Waals surface area contributed by atoms with Gasteiger partial charge in [-0.2, -0.15) is 5.21 Å². The summed E-state index contributed by atoms with van der Waals surface area (Å²) in [6, 6.07) is 6.79. The minimum Gasteiger partial charge on any atom is -0.326 e. The van der Waals surface area contributed by atoms with Crippen LogP contribution in [0.4, 0.5) is 11.4 Å². The second-order valence-electron chi connectivity index (χ2n) is 3.67. The second kappa shape index (κ2) is 5.71. The van der Waals surface area contributed by atoms with Crippen molar-refractivity contribution in [2.75, 3.05) is 10.6 Å². The molecular weight excluding hydrogens is 248 g/mol. The van der Waals surface area contributed by atoms with Crippen molar-refractivity contribution in [1.82, 2.24) is 20.6 Å². The third-order valence-electron chi connectivity index (χ3n) is 2.27. The zero-order chi connectivity index (χ0) is 13.7. The molecule has 1 aromatic heterocycles. The summed E-state index contributed by atoms with van der Waals surface area (Å²) in [5, 5.41) is 17.9. The lowest BCUT2D eigenvalue weighted by Gasteiger charge is -2.06. The second-order valence-corrected chi connectivity index (χ2v) is 3.67. The number of hydrogen-bond acceptors (Lipinski definition) is 5. The maximum Gasteiger partial charge on any atom is 0.297 e. The van der Waals surface area contributed by atoms with Gasteiger partial charge < -0.3 is 10.6 Å². The first-order valence-corrected chi connectivity index (χ1v) is 5.63. The molecule has 0 spiro atoms. The highest BCUT2D eigenvalue weighted by molar-refractivity contribution is 6.01. The van der Waals surface area contributed by atoms with Crippen molar-refractivity contribution in [2.45, 2.75) is 13.3 Å². The topological polar surface area (TPSA) is 113 Å². The fraction of sp³-hybridized carbons (Fsp3) is 0.182. The number of amides is 2. The third kappa shape index (κ3) is 3.35. The summed E-state index contributed by atoms with van der Waals surface area (Å²) in [5.74, 6) is -0.627. The van der Waals surface area contributed by atoms with Crippen LogP contribution < -0.4 is 10.6 Å². The van der Waals surface area contributed by atoms with Crippen LogP contribution in [0.3, 0.4) is 0 Å². The SMILES string of the molecule is CCC(=O)Nc1cccc(NC(=O)c2nn[nH]n2)c1. The highest BCUT2D eigenvalue weighted by Gasteiger charge is 2.11. The molecule has 8 nitrogen and oxygen atoms in total. The predicted octanol–water partition coefficient (Wildman–Crippen LogP) is 0.800. The summed E-state index contributed by atoms with van der Waals surface area (Å²) >= 11 is 0. The van der Waals surface area contributed by atoms with Crippen molar-refractivity contribution in [1.29, 1.82) is 0 Å². The molecule has 0 saturated carbocycles. The first-order valence-electron chi connectivity index (χ1n) is 5.63. The molecular formula is C11H12N6O2. The van der Waals surface area contributed by atoms with E-state index in [9.17, 15) is 9.59 Å². The highest BCUT2D eigenvalue weighted by atomic mass is 16.2. The molecule has 98 valence electrons. The average molecular weight is 260 g/mol. The predicted molar refractivity (Wildman–Crippen MR) is 67.5 cm³/mol. The fourth-order valence-corrected chi connectivity index (χ4v) is 1.37. The van der Waals surface area contributed by atoms with Crippen molar-refractivity contribution in [3.8, 4) is 0 Å². The van der Waals surface area contributed by atoms with Crippen molar-refractivity contribution in [2.24, 2.45) is 0 Å². The Morgan fingerprint density at radius 3 is 2.63 bits per heavy atom. The Labute approximate surface area is 108 Å². The van der Waals surface area contributed by atoms with Gasteiger partial charge in [0, 0.05) is 17.8 Å². The number of carbonyl (C=O) groups excluding carboxylic acids is 2. The van der Waals surface area contributed by atoms with Crippen LogP contribution in [0.2, 0.25) is 0 Å². The number of H-pyrrole nitrogens is 1. The summed E-state index contributed by atoms with van der Waals surface area (Å²) in [6.07, 6.45) is 0.388. The monoisotopic (exact) mass is 260 g/mol. The zero-order valence-corrected chi connectivity index (χ0v) is 10.2. The third-order valence-corrected chi connectivity index (χ3v) is 2.27. The fourth-order valence-electron chi connectivity index (χ4n) is 1.37.